The Balaban J connectivity index is 1.93. The van der Waals surface area contributed by atoms with Crippen LogP contribution in [0.15, 0.2) is 36.4 Å². The molecule has 0 saturated carbocycles. The van der Waals surface area contributed by atoms with E-state index in [2.05, 4.69) is 19.9 Å². The lowest BCUT2D eigenvalue weighted by atomic mass is 9.97. The van der Waals surface area contributed by atoms with Gasteiger partial charge >= 0.3 is 0 Å². The molecular weight excluding hydrogens is 327 g/mol. The largest absolute Gasteiger partial charge is 0.487 e. The zero-order valence-electron chi connectivity index (χ0n) is 11.8. The van der Waals surface area contributed by atoms with Crippen LogP contribution in [0.25, 0.3) is 0 Å². The van der Waals surface area contributed by atoms with Crippen molar-refractivity contribution in [2.45, 2.75) is 31.2 Å². The van der Waals surface area contributed by atoms with Crippen LogP contribution in [0.5, 0.6) is 5.75 Å². The minimum Gasteiger partial charge on any atom is -0.487 e. The third-order valence-corrected chi connectivity index (χ3v) is 4.86. The molecule has 2 aromatic rings. The number of halogens is 3. The first-order valence-corrected chi connectivity index (χ1v) is 7.96. The van der Waals surface area contributed by atoms with E-state index in [-0.39, 0.29) is 11.0 Å². The first kappa shape index (κ1) is 15.0. The summed E-state index contributed by atoms with van der Waals surface area (Å²) in [6, 6.07) is 11.6. The Bertz CT molecular complexity index is 694. The molecule has 0 saturated heterocycles. The van der Waals surface area contributed by atoms with Gasteiger partial charge in [-0.1, -0.05) is 41.4 Å². The Hall–Kier alpha value is -0.890. The predicted octanol–water partition coefficient (Wildman–Crippen LogP) is 6.04. The van der Waals surface area contributed by atoms with Crippen molar-refractivity contribution in [1.29, 1.82) is 0 Å². The van der Waals surface area contributed by atoms with Crippen molar-refractivity contribution in [3.05, 3.63) is 63.1 Å². The summed E-state index contributed by atoms with van der Waals surface area (Å²) in [6.07, 6.45) is 0.890. The Kier molecular flexibility index (Phi) is 3.85. The maximum Gasteiger partial charge on any atom is 0.123 e. The van der Waals surface area contributed by atoms with Gasteiger partial charge in [-0.15, -0.1) is 11.6 Å². The van der Waals surface area contributed by atoms with E-state index in [0.29, 0.717) is 10.0 Å². The molecule has 1 aliphatic heterocycles. The topological polar surface area (TPSA) is 9.23 Å². The van der Waals surface area contributed by atoms with Crippen LogP contribution in [0.1, 0.15) is 35.9 Å². The minimum atomic E-state index is -0.256. The van der Waals surface area contributed by atoms with E-state index >= 15 is 0 Å². The standard InChI is InChI=1S/C17H15Cl3O/c1-17(2)9-12-7-10(4-6-15(12)21-17)16(20)11-3-5-13(18)14(19)8-11/h3-8,16H,9H2,1-2H3. The van der Waals surface area contributed by atoms with Crippen LogP contribution in [0, 0.1) is 0 Å². The van der Waals surface area contributed by atoms with E-state index in [9.17, 15) is 0 Å². The van der Waals surface area contributed by atoms with Gasteiger partial charge < -0.3 is 4.74 Å². The quantitative estimate of drug-likeness (QED) is 0.605. The van der Waals surface area contributed by atoms with E-state index in [1.807, 2.05) is 24.3 Å². The molecule has 3 rings (SSSR count). The highest BCUT2D eigenvalue weighted by Crippen LogP contribution is 2.39. The van der Waals surface area contributed by atoms with E-state index in [1.165, 1.54) is 5.56 Å². The van der Waals surface area contributed by atoms with Crippen molar-refractivity contribution < 1.29 is 4.74 Å². The van der Waals surface area contributed by atoms with Gasteiger partial charge in [-0.25, -0.2) is 0 Å². The molecule has 0 aliphatic carbocycles. The monoisotopic (exact) mass is 340 g/mol. The van der Waals surface area contributed by atoms with E-state index < -0.39 is 0 Å². The summed E-state index contributed by atoms with van der Waals surface area (Å²) in [7, 11) is 0. The molecule has 0 bridgehead atoms. The second-order valence-electron chi connectivity index (χ2n) is 5.94. The Morgan fingerprint density at radius 2 is 1.67 bits per heavy atom. The summed E-state index contributed by atoms with van der Waals surface area (Å²) in [5, 5.41) is 0.799. The van der Waals surface area contributed by atoms with Crippen LogP contribution in [0.3, 0.4) is 0 Å². The third kappa shape index (κ3) is 3.01. The molecule has 1 nitrogen and oxygen atoms in total. The molecule has 1 aliphatic rings. The van der Waals surface area contributed by atoms with E-state index in [4.69, 9.17) is 39.5 Å². The number of rotatable bonds is 2. The highest BCUT2D eigenvalue weighted by molar-refractivity contribution is 6.42. The number of fused-ring (bicyclic) bond motifs is 1. The number of ether oxygens (including phenoxy) is 1. The highest BCUT2D eigenvalue weighted by atomic mass is 35.5. The molecule has 21 heavy (non-hydrogen) atoms. The maximum absolute atomic E-state index is 6.59. The smallest absolute Gasteiger partial charge is 0.123 e. The van der Waals surface area contributed by atoms with Crippen molar-refractivity contribution in [3.8, 4) is 5.75 Å². The summed E-state index contributed by atoms with van der Waals surface area (Å²) >= 11 is 18.6. The lowest BCUT2D eigenvalue weighted by Crippen LogP contribution is -2.24. The van der Waals surface area contributed by atoms with Gasteiger partial charge in [0, 0.05) is 6.42 Å². The molecule has 0 fully saturated rings. The summed E-state index contributed by atoms with van der Waals surface area (Å²) in [6.45, 7) is 4.17. The average Bonchev–Trinajstić information content (AvgIpc) is 2.73. The number of hydrogen-bond donors (Lipinski definition) is 0. The molecule has 0 N–H and O–H groups in total. The summed E-state index contributed by atoms with van der Waals surface area (Å²) in [5.74, 6) is 0.946. The summed E-state index contributed by atoms with van der Waals surface area (Å²) in [4.78, 5) is 0. The van der Waals surface area contributed by atoms with Crippen LogP contribution >= 0.6 is 34.8 Å². The zero-order chi connectivity index (χ0) is 15.2. The van der Waals surface area contributed by atoms with Gasteiger partial charge in [0.1, 0.15) is 11.4 Å². The van der Waals surface area contributed by atoms with Crippen molar-refractivity contribution in [2.24, 2.45) is 0 Å². The molecule has 110 valence electrons. The zero-order valence-corrected chi connectivity index (χ0v) is 14.1. The first-order chi connectivity index (χ1) is 9.85. The highest BCUT2D eigenvalue weighted by Gasteiger charge is 2.30. The van der Waals surface area contributed by atoms with Crippen molar-refractivity contribution in [1.82, 2.24) is 0 Å². The first-order valence-electron chi connectivity index (χ1n) is 6.76. The number of hydrogen-bond acceptors (Lipinski definition) is 1. The second kappa shape index (κ2) is 5.39. The fourth-order valence-electron chi connectivity index (χ4n) is 2.65. The molecule has 1 unspecified atom stereocenters. The van der Waals surface area contributed by atoms with Gasteiger partial charge in [-0.2, -0.15) is 0 Å². The van der Waals surface area contributed by atoms with E-state index in [0.717, 1.165) is 23.3 Å². The number of benzene rings is 2. The van der Waals surface area contributed by atoms with Crippen LogP contribution < -0.4 is 4.74 Å². The Labute approximate surface area is 139 Å². The molecule has 2 aromatic carbocycles. The normalized spacial score (nSPS) is 17.2. The van der Waals surface area contributed by atoms with Gasteiger partial charge in [0.2, 0.25) is 0 Å². The van der Waals surface area contributed by atoms with Crippen molar-refractivity contribution in [2.75, 3.05) is 0 Å². The minimum absolute atomic E-state index is 0.146. The van der Waals surface area contributed by atoms with Crippen molar-refractivity contribution >= 4 is 34.8 Å². The molecule has 0 radical (unpaired) electrons. The maximum atomic E-state index is 6.59. The summed E-state index contributed by atoms with van der Waals surface area (Å²) in [5.41, 5.74) is 3.02. The Morgan fingerprint density at radius 3 is 2.38 bits per heavy atom. The fraction of sp³-hybridized carbons (Fsp3) is 0.294. The average molecular weight is 342 g/mol. The second-order valence-corrected chi connectivity index (χ2v) is 7.19. The van der Waals surface area contributed by atoms with Crippen LogP contribution in [0.2, 0.25) is 10.0 Å². The van der Waals surface area contributed by atoms with Gasteiger partial charge in [0.15, 0.2) is 0 Å². The molecule has 1 atom stereocenters. The SMILES string of the molecule is CC1(C)Cc2cc(C(Cl)c3ccc(Cl)c(Cl)c3)ccc2O1. The molecule has 0 aromatic heterocycles. The molecular formula is C17H15Cl3O. The van der Waals surface area contributed by atoms with Gasteiger partial charge in [-0.05, 0) is 48.7 Å². The lowest BCUT2D eigenvalue weighted by Gasteiger charge is -2.16. The van der Waals surface area contributed by atoms with Crippen molar-refractivity contribution in [3.63, 3.8) is 0 Å². The fourth-order valence-corrected chi connectivity index (χ4v) is 3.23. The summed E-state index contributed by atoms with van der Waals surface area (Å²) < 4.78 is 5.89. The van der Waals surface area contributed by atoms with E-state index in [1.54, 1.807) is 6.07 Å². The predicted molar refractivity (Wildman–Crippen MR) is 89.0 cm³/mol. The molecule has 1 heterocycles. The van der Waals surface area contributed by atoms with Crippen LogP contribution in [-0.2, 0) is 6.42 Å². The number of alkyl halides is 1. The molecule has 4 heteroatoms. The molecule has 0 amide bonds. The van der Waals surface area contributed by atoms with Crippen LogP contribution in [-0.4, -0.2) is 5.60 Å². The molecule has 0 spiro atoms. The van der Waals surface area contributed by atoms with Gasteiger partial charge in [-0.3, -0.25) is 0 Å². The van der Waals surface area contributed by atoms with Crippen LogP contribution in [0.4, 0.5) is 0 Å². The van der Waals surface area contributed by atoms with Gasteiger partial charge in [0.25, 0.3) is 0 Å². The lowest BCUT2D eigenvalue weighted by molar-refractivity contribution is 0.138. The Morgan fingerprint density at radius 1 is 1.00 bits per heavy atom. The van der Waals surface area contributed by atoms with Gasteiger partial charge in [0.05, 0.1) is 15.4 Å². The third-order valence-electron chi connectivity index (χ3n) is 3.62.